The van der Waals surface area contributed by atoms with Crippen LogP contribution in [0.4, 0.5) is 0 Å². The number of aryl methyl sites for hydroxylation is 1. The Kier molecular flexibility index (Phi) is 8.91. The smallest absolute Gasteiger partial charge is 0.161 e. The summed E-state index contributed by atoms with van der Waals surface area (Å²) in [6.45, 7) is 8.15. The molecule has 0 spiro atoms. The van der Waals surface area contributed by atoms with Crippen LogP contribution < -0.4 is 14.8 Å². The van der Waals surface area contributed by atoms with Gasteiger partial charge in [-0.2, -0.15) is 0 Å². The average Bonchev–Trinajstić information content (AvgIpc) is 2.51. The van der Waals surface area contributed by atoms with Crippen LogP contribution in [0.15, 0.2) is 18.2 Å². The molecule has 1 atom stereocenters. The van der Waals surface area contributed by atoms with E-state index in [1.807, 2.05) is 6.07 Å². The number of rotatable bonds is 11. The molecule has 1 rings (SSSR count). The second kappa shape index (κ2) is 10.5. The topological polar surface area (TPSA) is 30.5 Å². The zero-order valence-electron chi connectivity index (χ0n) is 14.1. The van der Waals surface area contributed by atoms with Gasteiger partial charge < -0.3 is 14.8 Å². The highest BCUT2D eigenvalue weighted by atomic mass is 16.5. The van der Waals surface area contributed by atoms with Crippen molar-refractivity contribution in [3.05, 3.63) is 23.8 Å². The van der Waals surface area contributed by atoms with Crippen molar-refractivity contribution in [2.75, 3.05) is 20.3 Å². The molecule has 0 aliphatic carbocycles. The van der Waals surface area contributed by atoms with Crippen LogP contribution in [0.25, 0.3) is 0 Å². The van der Waals surface area contributed by atoms with Gasteiger partial charge in [-0.15, -0.1) is 0 Å². The summed E-state index contributed by atoms with van der Waals surface area (Å²) in [4.78, 5) is 0. The van der Waals surface area contributed by atoms with Crippen LogP contribution >= 0.6 is 0 Å². The maximum atomic E-state index is 5.82. The number of benzene rings is 1. The van der Waals surface area contributed by atoms with Gasteiger partial charge in [0.15, 0.2) is 11.5 Å². The van der Waals surface area contributed by atoms with E-state index in [4.69, 9.17) is 9.47 Å². The molecule has 0 radical (unpaired) electrons. The lowest BCUT2D eigenvalue weighted by Gasteiger charge is -2.15. The van der Waals surface area contributed by atoms with Gasteiger partial charge in [0.2, 0.25) is 0 Å². The van der Waals surface area contributed by atoms with Crippen LogP contribution in [0.3, 0.4) is 0 Å². The summed E-state index contributed by atoms with van der Waals surface area (Å²) < 4.78 is 11.2. The molecular weight excluding hydrogens is 262 g/mol. The van der Waals surface area contributed by atoms with Crippen LogP contribution in [0.2, 0.25) is 0 Å². The molecule has 0 aliphatic rings. The van der Waals surface area contributed by atoms with E-state index >= 15 is 0 Å². The van der Waals surface area contributed by atoms with Gasteiger partial charge in [-0.25, -0.2) is 0 Å². The third kappa shape index (κ3) is 6.85. The Morgan fingerprint density at radius 1 is 1.14 bits per heavy atom. The zero-order chi connectivity index (χ0) is 15.5. The third-order valence-corrected chi connectivity index (χ3v) is 3.73. The highest BCUT2D eigenvalue weighted by Gasteiger charge is 2.05. The molecule has 0 aromatic heterocycles. The summed E-state index contributed by atoms with van der Waals surface area (Å²) in [6, 6.07) is 6.71. The van der Waals surface area contributed by atoms with Gasteiger partial charge >= 0.3 is 0 Å². The molecule has 3 nitrogen and oxygen atoms in total. The fourth-order valence-corrected chi connectivity index (χ4v) is 2.32. The largest absolute Gasteiger partial charge is 0.493 e. The molecule has 0 amide bonds. The summed E-state index contributed by atoms with van der Waals surface area (Å²) in [6.07, 6.45) is 6.15. The number of ether oxygens (including phenoxy) is 2. The number of unbranched alkanes of at least 4 members (excludes halogenated alkanes) is 2. The van der Waals surface area contributed by atoms with Crippen molar-refractivity contribution in [1.29, 1.82) is 0 Å². The first-order valence-corrected chi connectivity index (χ1v) is 8.24. The fourth-order valence-electron chi connectivity index (χ4n) is 2.32. The van der Waals surface area contributed by atoms with E-state index in [-0.39, 0.29) is 0 Å². The monoisotopic (exact) mass is 293 g/mol. The Labute approximate surface area is 130 Å². The molecule has 0 aliphatic heterocycles. The van der Waals surface area contributed by atoms with Crippen molar-refractivity contribution in [2.24, 2.45) is 0 Å². The van der Waals surface area contributed by atoms with Crippen LogP contribution in [0.1, 0.15) is 52.0 Å². The second-order valence-corrected chi connectivity index (χ2v) is 5.54. The fraction of sp³-hybridized carbons (Fsp3) is 0.667. The third-order valence-electron chi connectivity index (χ3n) is 3.73. The van der Waals surface area contributed by atoms with Crippen LogP contribution in [-0.4, -0.2) is 26.3 Å². The standard InChI is InChI=1S/C18H31NO2/c1-5-7-8-9-15(3)19-12-13-21-17-11-10-16(6-2)14-18(17)20-4/h10-11,14-15,19H,5-9,12-13H2,1-4H3. The van der Waals surface area contributed by atoms with Crippen LogP contribution in [0, 0.1) is 0 Å². The summed E-state index contributed by atoms with van der Waals surface area (Å²) in [5.74, 6) is 1.65. The van der Waals surface area contributed by atoms with Crippen molar-refractivity contribution in [3.63, 3.8) is 0 Å². The SMILES string of the molecule is CCCCCC(C)NCCOc1ccc(CC)cc1OC. The predicted octanol–water partition coefficient (Wildman–Crippen LogP) is 4.19. The first-order valence-electron chi connectivity index (χ1n) is 8.24. The van der Waals surface area contributed by atoms with Gasteiger partial charge in [-0.1, -0.05) is 39.2 Å². The summed E-state index contributed by atoms with van der Waals surface area (Å²) in [7, 11) is 1.69. The molecule has 3 heteroatoms. The van der Waals surface area contributed by atoms with E-state index in [0.717, 1.165) is 24.5 Å². The molecular formula is C18H31NO2. The van der Waals surface area contributed by atoms with Gasteiger partial charge in [-0.05, 0) is 37.5 Å². The first kappa shape index (κ1) is 17.8. The molecule has 0 fully saturated rings. The molecule has 0 bridgehead atoms. The van der Waals surface area contributed by atoms with Gasteiger partial charge in [0.05, 0.1) is 7.11 Å². The van der Waals surface area contributed by atoms with Crippen molar-refractivity contribution in [3.8, 4) is 11.5 Å². The van der Waals surface area contributed by atoms with Crippen molar-refractivity contribution >= 4 is 0 Å². The van der Waals surface area contributed by atoms with Gasteiger partial charge in [0.25, 0.3) is 0 Å². The average molecular weight is 293 g/mol. The number of hydrogen-bond acceptors (Lipinski definition) is 3. The predicted molar refractivity (Wildman–Crippen MR) is 89.5 cm³/mol. The molecule has 1 N–H and O–H groups in total. The highest BCUT2D eigenvalue weighted by Crippen LogP contribution is 2.28. The molecule has 1 aromatic carbocycles. The maximum absolute atomic E-state index is 5.82. The first-order chi connectivity index (χ1) is 10.2. The second-order valence-electron chi connectivity index (χ2n) is 5.54. The molecule has 0 saturated heterocycles. The summed E-state index contributed by atoms with van der Waals surface area (Å²) in [5.41, 5.74) is 1.27. The highest BCUT2D eigenvalue weighted by molar-refractivity contribution is 5.42. The van der Waals surface area contributed by atoms with Gasteiger partial charge in [-0.3, -0.25) is 0 Å². The number of nitrogens with one attached hydrogen (secondary N) is 1. The summed E-state index contributed by atoms with van der Waals surface area (Å²) >= 11 is 0. The molecule has 21 heavy (non-hydrogen) atoms. The normalized spacial score (nSPS) is 12.2. The number of methoxy groups -OCH3 is 1. The van der Waals surface area contributed by atoms with Gasteiger partial charge in [0.1, 0.15) is 6.61 Å². The summed E-state index contributed by atoms with van der Waals surface area (Å²) in [5, 5.41) is 3.51. The minimum Gasteiger partial charge on any atom is -0.493 e. The van der Waals surface area contributed by atoms with Crippen LogP contribution in [0.5, 0.6) is 11.5 Å². The molecule has 1 aromatic rings. The van der Waals surface area contributed by atoms with E-state index < -0.39 is 0 Å². The van der Waals surface area contributed by atoms with E-state index in [9.17, 15) is 0 Å². The Morgan fingerprint density at radius 3 is 2.62 bits per heavy atom. The van der Waals surface area contributed by atoms with Crippen LogP contribution in [-0.2, 0) is 6.42 Å². The van der Waals surface area contributed by atoms with E-state index in [1.165, 1.54) is 31.2 Å². The van der Waals surface area contributed by atoms with Crippen molar-refractivity contribution in [2.45, 2.75) is 58.9 Å². The Bertz CT molecular complexity index is 393. The zero-order valence-corrected chi connectivity index (χ0v) is 14.1. The quantitative estimate of drug-likeness (QED) is 0.620. The van der Waals surface area contributed by atoms with Crippen molar-refractivity contribution < 1.29 is 9.47 Å². The maximum Gasteiger partial charge on any atom is 0.161 e. The van der Waals surface area contributed by atoms with E-state index in [1.54, 1.807) is 7.11 Å². The van der Waals surface area contributed by atoms with E-state index in [2.05, 4.69) is 38.2 Å². The lowest BCUT2D eigenvalue weighted by molar-refractivity contribution is 0.285. The van der Waals surface area contributed by atoms with Gasteiger partial charge in [0, 0.05) is 12.6 Å². The Morgan fingerprint density at radius 2 is 1.95 bits per heavy atom. The molecule has 0 saturated carbocycles. The molecule has 1 unspecified atom stereocenters. The molecule has 120 valence electrons. The molecule has 0 heterocycles. The number of hydrogen-bond donors (Lipinski definition) is 1. The Balaban J connectivity index is 2.29. The Hall–Kier alpha value is -1.22. The van der Waals surface area contributed by atoms with Crippen molar-refractivity contribution in [1.82, 2.24) is 5.32 Å². The van der Waals surface area contributed by atoms with E-state index in [0.29, 0.717) is 12.6 Å². The minimum atomic E-state index is 0.560. The lowest BCUT2D eigenvalue weighted by atomic mass is 10.1. The lowest BCUT2D eigenvalue weighted by Crippen LogP contribution is -2.30. The minimum absolute atomic E-state index is 0.560.